The van der Waals surface area contributed by atoms with E-state index in [-0.39, 0.29) is 11.6 Å². The van der Waals surface area contributed by atoms with E-state index in [1.54, 1.807) is 13.0 Å². The largest absolute Gasteiger partial charge is 0.478 e. The lowest BCUT2D eigenvalue weighted by atomic mass is 10.0. The van der Waals surface area contributed by atoms with E-state index >= 15 is 0 Å². The van der Waals surface area contributed by atoms with Gasteiger partial charge in [-0.3, -0.25) is 4.79 Å². The van der Waals surface area contributed by atoms with Gasteiger partial charge in [0.15, 0.2) is 6.10 Å². The van der Waals surface area contributed by atoms with Gasteiger partial charge in [-0.05, 0) is 42.8 Å². The van der Waals surface area contributed by atoms with Gasteiger partial charge < -0.3 is 10.1 Å². The Bertz CT molecular complexity index is 669. The number of hydrogen-bond acceptors (Lipinski definition) is 3. The first-order valence-corrected chi connectivity index (χ1v) is 6.45. The Balaban J connectivity index is 1.84. The summed E-state index contributed by atoms with van der Waals surface area (Å²) >= 11 is 0. The summed E-state index contributed by atoms with van der Waals surface area (Å²) in [7, 11) is 0. The van der Waals surface area contributed by atoms with Crippen molar-refractivity contribution >= 4 is 11.5 Å². The van der Waals surface area contributed by atoms with Crippen molar-refractivity contribution in [2.45, 2.75) is 13.0 Å². The van der Waals surface area contributed by atoms with Gasteiger partial charge in [-0.15, -0.1) is 0 Å². The third kappa shape index (κ3) is 2.25. The molecule has 20 heavy (non-hydrogen) atoms. The monoisotopic (exact) mass is 271 g/mol. The molecule has 1 aliphatic rings. The first-order chi connectivity index (χ1) is 9.65. The zero-order chi connectivity index (χ0) is 14.1. The fraction of sp³-hybridized carbons (Fsp3) is 0.188. The van der Waals surface area contributed by atoms with Crippen molar-refractivity contribution in [3.05, 3.63) is 59.4 Å². The van der Waals surface area contributed by atoms with Gasteiger partial charge >= 0.3 is 0 Å². The number of benzene rings is 2. The van der Waals surface area contributed by atoms with Gasteiger partial charge in [0.25, 0.3) is 0 Å². The van der Waals surface area contributed by atoms with E-state index in [9.17, 15) is 9.18 Å². The van der Waals surface area contributed by atoms with Crippen LogP contribution in [0.2, 0.25) is 0 Å². The summed E-state index contributed by atoms with van der Waals surface area (Å²) in [5.74, 6) is 0.209. The molecule has 2 aromatic rings. The van der Waals surface area contributed by atoms with E-state index in [2.05, 4.69) is 5.32 Å². The fourth-order valence-electron chi connectivity index (χ4n) is 2.24. The van der Waals surface area contributed by atoms with Crippen LogP contribution in [0.15, 0.2) is 42.5 Å². The number of anilines is 1. The summed E-state index contributed by atoms with van der Waals surface area (Å²) in [6.45, 7) is 2.05. The first-order valence-electron chi connectivity index (χ1n) is 6.45. The Hall–Kier alpha value is -2.36. The summed E-state index contributed by atoms with van der Waals surface area (Å²) in [5.41, 5.74) is 1.81. The number of hydrogen-bond donors (Lipinski definition) is 1. The number of ether oxygens (including phenoxy) is 1. The van der Waals surface area contributed by atoms with Crippen molar-refractivity contribution < 1.29 is 13.9 Å². The number of ketones is 1. The highest BCUT2D eigenvalue weighted by molar-refractivity contribution is 6.00. The van der Waals surface area contributed by atoms with Gasteiger partial charge in [0.05, 0.1) is 12.2 Å². The number of fused-ring (bicyclic) bond motifs is 1. The summed E-state index contributed by atoms with van der Waals surface area (Å²) < 4.78 is 19.0. The van der Waals surface area contributed by atoms with Crippen molar-refractivity contribution in [2.75, 3.05) is 11.9 Å². The Morgan fingerprint density at radius 2 is 2.10 bits per heavy atom. The number of para-hydroxylation sites is 2. The molecule has 2 aromatic carbocycles. The third-order valence-corrected chi connectivity index (χ3v) is 3.37. The second-order valence-corrected chi connectivity index (χ2v) is 4.81. The standard InChI is InChI=1S/C16H14FNO2/c1-10-8-11(6-7-12(10)17)16(19)15-9-18-13-4-2-3-5-14(13)20-15/h2-8,15,18H,9H2,1H3. The van der Waals surface area contributed by atoms with Crippen molar-refractivity contribution in [3.8, 4) is 5.75 Å². The quantitative estimate of drug-likeness (QED) is 0.852. The van der Waals surface area contributed by atoms with E-state index < -0.39 is 6.10 Å². The molecular formula is C16H14FNO2. The molecule has 1 unspecified atom stereocenters. The summed E-state index contributed by atoms with van der Waals surface area (Å²) in [6.07, 6.45) is -0.588. The van der Waals surface area contributed by atoms with Crippen LogP contribution in [0.25, 0.3) is 0 Å². The third-order valence-electron chi connectivity index (χ3n) is 3.37. The maximum atomic E-state index is 13.2. The van der Waals surface area contributed by atoms with Crippen LogP contribution in [-0.2, 0) is 0 Å². The lowest BCUT2D eigenvalue weighted by Crippen LogP contribution is -2.37. The minimum atomic E-state index is -0.588. The van der Waals surface area contributed by atoms with Gasteiger partial charge in [0, 0.05) is 5.56 Å². The average Bonchev–Trinajstić information content (AvgIpc) is 2.49. The van der Waals surface area contributed by atoms with Gasteiger partial charge in [-0.1, -0.05) is 12.1 Å². The van der Waals surface area contributed by atoms with E-state index in [4.69, 9.17) is 4.74 Å². The predicted octanol–water partition coefficient (Wildman–Crippen LogP) is 3.19. The lowest BCUT2D eigenvalue weighted by Gasteiger charge is -2.26. The van der Waals surface area contributed by atoms with Crippen LogP contribution in [0.5, 0.6) is 5.75 Å². The van der Waals surface area contributed by atoms with Crippen LogP contribution >= 0.6 is 0 Å². The maximum absolute atomic E-state index is 13.2. The molecule has 0 radical (unpaired) electrons. The number of nitrogens with one attached hydrogen (secondary N) is 1. The van der Waals surface area contributed by atoms with Gasteiger partial charge in [-0.25, -0.2) is 4.39 Å². The van der Waals surface area contributed by atoms with E-state index in [1.807, 2.05) is 24.3 Å². The summed E-state index contributed by atoms with van der Waals surface area (Å²) in [6, 6.07) is 11.8. The van der Waals surface area contributed by atoms with Crippen LogP contribution in [0, 0.1) is 12.7 Å². The molecule has 1 heterocycles. The molecule has 0 saturated heterocycles. The van der Waals surface area contributed by atoms with Gasteiger partial charge in [0.1, 0.15) is 11.6 Å². The zero-order valence-electron chi connectivity index (χ0n) is 11.0. The van der Waals surface area contributed by atoms with E-state index in [1.165, 1.54) is 12.1 Å². The molecule has 3 nitrogen and oxygen atoms in total. The second-order valence-electron chi connectivity index (χ2n) is 4.81. The van der Waals surface area contributed by atoms with Gasteiger partial charge in [-0.2, -0.15) is 0 Å². The Labute approximate surface area is 116 Å². The van der Waals surface area contributed by atoms with Crippen molar-refractivity contribution in [2.24, 2.45) is 0 Å². The van der Waals surface area contributed by atoms with Crippen LogP contribution in [-0.4, -0.2) is 18.4 Å². The molecule has 0 aromatic heterocycles. The number of carbonyl (C=O) groups excluding carboxylic acids is 1. The van der Waals surface area contributed by atoms with Gasteiger partial charge in [0.2, 0.25) is 5.78 Å². The van der Waals surface area contributed by atoms with E-state index in [0.717, 1.165) is 5.69 Å². The van der Waals surface area contributed by atoms with Crippen molar-refractivity contribution in [1.82, 2.24) is 0 Å². The number of halogens is 1. The zero-order valence-corrected chi connectivity index (χ0v) is 11.0. The molecule has 1 aliphatic heterocycles. The summed E-state index contributed by atoms with van der Waals surface area (Å²) in [4.78, 5) is 12.4. The van der Waals surface area contributed by atoms with Crippen molar-refractivity contribution in [3.63, 3.8) is 0 Å². The number of Topliss-reactive ketones (excluding diaryl/α,β-unsaturated/α-hetero) is 1. The smallest absolute Gasteiger partial charge is 0.205 e. The minimum Gasteiger partial charge on any atom is -0.478 e. The lowest BCUT2D eigenvalue weighted by molar-refractivity contribution is 0.0801. The molecule has 4 heteroatoms. The number of aryl methyl sites for hydroxylation is 1. The molecular weight excluding hydrogens is 257 g/mol. The molecule has 1 atom stereocenters. The second kappa shape index (κ2) is 4.96. The molecule has 0 fully saturated rings. The highest BCUT2D eigenvalue weighted by atomic mass is 19.1. The van der Waals surface area contributed by atoms with Crippen molar-refractivity contribution in [1.29, 1.82) is 0 Å². The average molecular weight is 271 g/mol. The molecule has 0 amide bonds. The summed E-state index contributed by atoms with van der Waals surface area (Å²) in [5, 5.41) is 3.17. The Kier molecular flexibility index (Phi) is 3.14. The Morgan fingerprint density at radius 3 is 2.90 bits per heavy atom. The fourth-order valence-corrected chi connectivity index (χ4v) is 2.24. The molecule has 102 valence electrons. The molecule has 0 aliphatic carbocycles. The van der Waals surface area contributed by atoms with Crippen LogP contribution in [0.3, 0.4) is 0 Å². The first kappa shape index (κ1) is 12.7. The number of carbonyl (C=O) groups is 1. The minimum absolute atomic E-state index is 0.143. The van der Waals surface area contributed by atoms with Crippen LogP contribution in [0.4, 0.5) is 10.1 Å². The topological polar surface area (TPSA) is 38.3 Å². The van der Waals surface area contributed by atoms with E-state index in [0.29, 0.717) is 23.4 Å². The number of rotatable bonds is 2. The normalized spacial score (nSPS) is 16.8. The highest BCUT2D eigenvalue weighted by Crippen LogP contribution is 2.29. The predicted molar refractivity (Wildman–Crippen MR) is 74.8 cm³/mol. The Morgan fingerprint density at radius 1 is 1.30 bits per heavy atom. The molecule has 1 N–H and O–H groups in total. The van der Waals surface area contributed by atoms with Crippen LogP contribution in [0.1, 0.15) is 15.9 Å². The molecule has 3 rings (SSSR count). The molecule has 0 saturated carbocycles. The van der Waals surface area contributed by atoms with Crippen LogP contribution < -0.4 is 10.1 Å². The molecule has 0 bridgehead atoms. The molecule has 0 spiro atoms. The SMILES string of the molecule is Cc1cc(C(=O)C2CNc3ccccc3O2)ccc1F. The maximum Gasteiger partial charge on any atom is 0.205 e. The highest BCUT2D eigenvalue weighted by Gasteiger charge is 2.26.